The van der Waals surface area contributed by atoms with E-state index in [1.54, 1.807) is 30.3 Å². The Morgan fingerprint density at radius 3 is 2.33 bits per heavy atom. The van der Waals surface area contributed by atoms with Crippen molar-refractivity contribution in [2.45, 2.75) is 12.5 Å². The van der Waals surface area contributed by atoms with Crippen molar-refractivity contribution in [1.82, 2.24) is 0 Å². The number of carbonyl (C=O) groups excluding carboxylic acids is 2. The van der Waals surface area contributed by atoms with E-state index in [0.29, 0.717) is 5.56 Å². The van der Waals surface area contributed by atoms with Gasteiger partial charge in [0.2, 0.25) is 6.04 Å². The van der Waals surface area contributed by atoms with Crippen molar-refractivity contribution in [3.05, 3.63) is 57.7 Å². The van der Waals surface area contributed by atoms with Crippen molar-refractivity contribution in [3.8, 4) is 0 Å². The summed E-state index contributed by atoms with van der Waals surface area (Å²) in [5, 5.41) is 11.2. The average molecular weight is 293 g/mol. The predicted molar refractivity (Wildman–Crippen MR) is 73.0 cm³/mol. The molecule has 112 valence electrons. The molecule has 0 amide bonds. The molecule has 0 radical (unpaired) electrons. The van der Waals surface area contributed by atoms with Crippen molar-refractivity contribution >= 4 is 11.9 Å². The Morgan fingerprint density at radius 1 is 1.24 bits per heavy atom. The quantitative estimate of drug-likeness (QED) is 0.338. The molecular weight excluding hydrogens is 278 g/mol. The molecule has 1 rings (SSSR count). The molecule has 0 aliphatic heterocycles. The van der Waals surface area contributed by atoms with E-state index in [9.17, 15) is 19.7 Å². The number of nitrogens with zero attached hydrogens (tertiary/aromatic N) is 1. The lowest BCUT2D eigenvalue weighted by molar-refractivity contribution is -0.511. The van der Waals surface area contributed by atoms with Crippen LogP contribution in [0.1, 0.15) is 5.56 Å². The van der Waals surface area contributed by atoms with Crippen LogP contribution in [0.25, 0.3) is 0 Å². The van der Waals surface area contributed by atoms with E-state index in [0.717, 1.165) is 20.3 Å². The SMILES string of the molecule is COC(=O)/C=C(\C(=O)OC)[C@@H](Cc1ccccc1)[N+](=O)[O-]. The summed E-state index contributed by atoms with van der Waals surface area (Å²) < 4.78 is 8.92. The highest BCUT2D eigenvalue weighted by Gasteiger charge is 2.32. The van der Waals surface area contributed by atoms with Crippen LogP contribution in [-0.2, 0) is 25.5 Å². The number of esters is 2. The number of methoxy groups -OCH3 is 2. The van der Waals surface area contributed by atoms with Crippen LogP contribution in [0, 0.1) is 10.1 Å². The molecule has 7 nitrogen and oxygen atoms in total. The highest BCUT2D eigenvalue weighted by Crippen LogP contribution is 2.15. The Labute approximate surface area is 121 Å². The molecule has 0 spiro atoms. The lowest BCUT2D eigenvalue weighted by atomic mass is 9.99. The average Bonchev–Trinajstić information content (AvgIpc) is 2.50. The highest BCUT2D eigenvalue weighted by molar-refractivity contribution is 5.97. The molecule has 0 aliphatic carbocycles. The highest BCUT2D eigenvalue weighted by atomic mass is 16.6. The van der Waals surface area contributed by atoms with Crippen LogP contribution in [0.4, 0.5) is 0 Å². The molecule has 7 heteroatoms. The molecule has 0 saturated carbocycles. The molecule has 1 aromatic carbocycles. The monoisotopic (exact) mass is 293 g/mol. The van der Waals surface area contributed by atoms with Crippen LogP contribution in [-0.4, -0.2) is 37.1 Å². The number of nitro groups is 1. The van der Waals surface area contributed by atoms with E-state index in [4.69, 9.17) is 0 Å². The molecule has 1 atom stereocenters. The van der Waals surface area contributed by atoms with Gasteiger partial charge in [0.15, 0.2) is 0 Å². The van der Waals surface area contributed by atoms with Crippen LogP contribution >= 0.6 is 0 Å². The number of benzene rings is 1. The Hall–Kier alpha value is -2.70. The molecule has 0 heterocycles. The van der Waals surface area contributed by atoms with E-state index >= 15 is 0 Å². The van der Waals surface area contributed by atoms with Crippen LogP contribution < -0.4 is 0 Å². The third-order valence-corrected chi connectivity index (χ3v) is 2.78. The summed E-state index contributed by atoms with van der Waals surface area (Å²) in [6.45, 7) is 0. The first-order valence-corrected chi connectivity index (χ1v) is 6.04. The smallest absolute Gasteiger partial charge is 0.341 e. The van der Waals surface area contributed by atoms with Crippen molar-refractivity contribution in [2.75, 3.05) is 14.2 Å². The fraction of sp³-hybridized carbons (Fsp3) is 0.286. The zero-order valence-electron chi connectivity index (χ0n) is 11.6. The van der Waals surface area contributed by atoms with Gasteiger partial charge in [-0.3, -0.25) is 10.1 Å². The predicted octanol–water partition coefficient (Wildman–Crippen LogP) is 1.15. The van der Waals surface area contributed by atoms with Gasteiger partial charge in [0.05, 0.1) is 14.2 Å². The Morgan fingerprint density at radius 2 is 1.86 bits per heavy atom. The fourth-order valence-electron chi connectivity index (χ4n) is 1.73. The Bertz CT molecular complexity index is 552. The van der Waals surface area contributed by atoms with Gasteiger partial charge in [0, 0.05) is 17.4 Å². The summed E-state index contributed by atoms with van der Waals surface area (Å²) in [5.74, 6) is -1.78. The van der Waals surface area contributed by atoms with Gasteiger partial charge in [-0.1, -0.05) is 30.3 Å². The standard InChI is InChI=1S/C14H15NO6/c1-20-13(16)9-11(14(17)21-2)12(15(18)19)8-10-6-4-3-5-7-10/h3-7,9,12H,8H2,1-2H3/b11-9-/t12-/m1/s1. The molecule has 0 bridgehead atoms. The van der Waals surface area contributed by atoms with Gasteiger partial charge in [0.1, 0.15) is 5.57 Å². The van der Waals surface area contributed by atoms with Gasteiger partial charge in [-0.15, -0.1) is 0 Å². The summed E-state index contributed by atoms with van der Waals surface area (Å²) in [7, 11) is 2.21. The van der Waals surface area contributed by atoms with Crippen molar-refractivity contribution in [1.29, 1.82) is 0 Å². The first kappa shape index (κ1) is 16.4. The molecule has 0 unspecified atom stereocenters. The van der Waals surface area contributed by atoms with Gasteiger partial charge < -0.3 is 9.47 Å². The topological polar surface area (TPSA) is 95.7 Å². The first-order valence-electron chi connectivity index (χ1n) is 6.04. The van der Waals surface area contributed by atoms with Gasteiger partial charge in [-0.25, -0.2) is 9.59 Å². The Balaban J connectivity index is 3.14. The first-order chi connectivity index (χ1) is 9.99. The van der Waals surface area contributed by atoms with Gasteiger partial charge in [-0.2, -0.15) is 0 Å². The number of carbonyl (C=O) groups is 2. The largest absolute Gasteiger partial charge is 0.466 e. The second kappa shape index (κ2) is 7.78. The molecule has 21 heavy (non-hydrogen) atoms. The maximum atomic E-state index is 11.7. The second-order valence-corrected chi connectivity index (χ2v) is 4.11. The molecule has 1 aromatic rings. The third kappa shape index (κ3) is 4.72. The number of rotatable bonds is 6. The summed E-state index contributed by atoms with van der Waals surface area (Å²) >= 11 is 0. The molecule has 0 aliphatic rings. The maximum absolute atomic E-state index is 11.7. The van der Waals surface area contributed by atoms with Crippen LogP contribution in [0.15, 0.2) is 42.0 Å². The van der Waals surface area contributed by atoms with Gasteiger partial charge in [-0.05, 0) is 5.56 Å². The van der Waals surface area contributed by atoms with Crippen molar-refractivity contribution in [2.24, 2.45) is 0 Å². The summed E-state index contributed by atoms with van der Waals surface area (Å²) in [6.07, 6.45) is 0.758. The summed E-state index contributed by atoms with van der Waals surface area (Å²) in [4.78, 5) is 33.6. The van der Waals surface area contributed by atoms with Crippen molar-refractivity contribution < 1.29 is 24.0 Å². The minimum atomic E-state index is -1.39. The van der Waals surface area contributed by atoms with Gasteiger partial charge in [0.25, 0.3) is 0 Å². The van der Waals surface area contributed by atoms with Crippen LogP contribution in [0.3, 0.4) is 0 Å². The van der Waals surface area contributed by atoms with Crippen LogP contribution in [0.2, 0.25) is 0 Å². The van der Waals surface area contributed by atoms with E-state index in [1.165, 1.54) is 0 Å². The minimum absolute atomic E-state index is 0.0359. The molecular formula is C14H15NO6. The third-order valence-electron chi connectivity index (χ3n) is 2.78. The number of hydrogen-bond acceptors (Lipinski definition) is 6. The Kier molecular flexibility index (Phi) is 6.06. The van der Waals surface area contributed by atoms with Gasteiger partial charge >= 0.3 is 11.9 Å². The number of hydrogen-bond donors (Lipinski definition) is 0. The minimum Gasteiger partial charge on any atom is -0.466 e. The van der Waals surface area contributed by atoms with Crippen LogP contribution in [0.5, 0.6) is 0 Å². The van der Waals surface area contributed by atoms with E-state index in [1.807, 2.05) is 0 Å². The van der Waals surface area contributed by atoms with E-state index in [2.05, 4.69) is 9.47 Å². The van der Waals surface area contributed by atoms with E-state index < -0.39 is 22.9 Å². The molecule has 0 aromatic heterocycles. The second-order valence-electron chi connectivity index (χ2n) is 4.11. The molecule has 0 N–H and O–H groups in total. The fourth-order valence-corrected chi connectivity index (χ4v) is 1.73. The lowest BCUT2D eigenvalue weighted by Crippen LogP contribution is -2.30. The van der Waals surface area contributed by atoms with E-state index in [-0.39, 0.29) is 12.0 Å². The summed E-state index contributed by atoms with van der Waals surface area (Å²) in [6, 6.07) is 7.24. The normalized spacial score (nSPS) is 12.4. The maximum Gasteiger partial charge on any atom is 0.341 e. The lowest BCUT2D eigenvalue weighted by Gasteiger charge is -2.12. The summed E-state index contributed by atoms with van der Waals surface area (Å²) in [5.41, 5.74) is 0.317. The molecule has 0 fully saturated rings. The zero-order valence-corrected chi connectivity index (χ0v) is 11.6. The zero-order chi connectivity index (χ0) is 15.8. The molecule has 0 saturated heterocycles. The number of ether oxygens (including phenoxy) is 2. The van der Waals surface area contributed by atoms with Crippen molar-refractivity contribution in [3.63, 3.8) is 0 Å².